The number of hydrogen-bond donors (Lipinski definition) is 1. The van der Waals surface area contributed by atoms with Crippen molar-refractivity contribution in [1.82, 2.24) is 9.55 Å². The van der Waals surface area contributed by atoms with E-state index in [-0.39, 0.29) is 5.97 Å². The van der Waals surface area contributed by atoms with Crippen LogP contribution in [0.5, 0.6) is 11.5 Å². The summed E-state index contributed by atoms with van der Waals surface area (Å²) in [5.74, 6) is 1.64. The van der Waals surface area contributed by atoms with Crippen molar-refractivity contribution in [2.45, 2.75) is 33.2 Å². The average Bonchev–Trinajstić information content (AvgIpc) is 3.14. The zero-order valence-corrected chi connectivity index (χ0v) is 18.3. The Morgan fingerprint density at radius 2 is 1.94 bits per heavy atom. The molecule has 0 bridgehead atoms. The van der Waals surface area contributed by atoms with Gasteiger partial charge in [-0.1, -0.05) is 25.1 Å². The maximum atomic E-state index is 12.8. The van der Waals surface area contributed by atoms with Crippen molar-refractivity contribution >= 4 is 23.0 Å². The first-order valence-electron chi connectivity index (χ1n) is 10.5. The van der Waals surface area contributed by atoms with Crippen molar-refractivity contribution in [2.75, 3.05) is 25.6 Å². The third-order valence-electron chi connectivity index (χ3n) is 5.28. The number of carbonyl (C=O) groups excluding carboxylic acids is 1. The minimum absolute atomic E-state index is 0.386. The zero-order chi connectivity index (χ0) is 22.0. The number of benzene rings is 2. The van der Waals surface area contributed by atoms with Gasteiger partial charge in [-0.3, -0.25) is 4.57 Å². The summed E-state index contributed by atoms with van der Waals surface area (Å²) in [7, 11) is 1.40. The van der Waals surface area contributed by atoms with Gasteiger partial charge in [0.25, 0.3) is 0 Å². The molecule has 0 saturated heterocycles. The zero-order valence-electron chi connectivity index (χ0n) is 18.3. The number of nitrogens with one attached hydrogen (secondary N) is 1. The van der Waals surface area contributed by atoms with Gasteiger partial charge in [0.05, 0.1) is 43.0 Å². The smallest absolute Gasteiger partial charge is 0.337 e. The number of aromatic nitrogens is 2. The van der Waals surface area contributed by atoms with Crippen molar-refractivity contribution in [1.29, 1.82) is 0 Å². The second-order valence-corrected chi connectivity index (χ2v) is 7.34. The van der Waals surface area contributed by atoms with Crippen molar-refractivity contribution < 1.29 is 19.0 Å². The molecule has 0 fully saturated rings. The molecule has 0 unspecified atom stereocenters. The Morgan fingerprint density at radius 1 is 1.13 bits per heavy atom. The van der Waals surface area contributed by atoms with Gasteiger partial charge >= 0.3 is 5.97 Å². The topological polar surface area (TPSA) is 74.6 Å². The lowest BCUT2D eigenvalue weighted by molar-refractivity contribution is -0.136. The molecular weight excluding hydrogens is 394 g/mol. The summed E-state index contributed by atoms with van der Waals surface area (Å²) in [6.45, 7) is 6.98. The molecule has 1 N–H and O–H groups in total. The molecule has 0 radical (unpaired) electrons. The van der Waals surface area contributed by atoms with Crippen LogP contribution in [0.15, 0.2) is 53.7 Å². The number of ether oxygens (including phenoxy) is 3. The van der Waals surface area contributed by atoms with Gasteiger partial charge in [0.15, 0.2) is 11.5 Å². The number of anilines is 1. The molecule has 0 saturated carbocycles. The van der Waals surface area contributed by atoms with Crippen molar-refractivity contribution in [2.24, 2.45) is 0 Å². The molecule has 4 rings (SSSR count). The monoisotopic (exact) mass is 421 g/mol. The Labute approximate surface area is 181 Å². The van der Waals surface area contributed by atoms with Gasteiger partial charge in [-0.2, -0.15) is 0 Å². The summed E-state index contributed by atoms with van der Waals surface area (Å²) in [4.78, 5) is 17.6. The van der Waals surface area contributed by atoms with Gasteiger partial charge in [0, 0.05) is 5.70 Å². The van der Waals surface area contributed by atoms with E-state index in [9.17, 15) is 4.79 Å². The lowest BCUT2D eigenvalue weighted by atomic mass is 9.94. The first-order valence-corrected chi connectivity index (χ1v) is 10.5. The molecule has 7 nitrogen and oxygen atoms in total. The Hall–Kier alpha value is -3.48. The number of rotatable bonds is 7. The van der Waals surface area contributed by atoms with Crippen LogP contribution in [-0.2, 0) is 9.53 Å². The fraction of sp³-hybridized carbons (Fsp3) is 0.333. The van der Waals surface area contributed by atoms with Crippen LogP contribution in [0.2, 0.25) is 0 Å². The van der Waals surface area contributed by atoms with Crippen LogP contribution in [-0.4, -0.2) is 35.8 Å². The summed E-state index contributed by atoms with van der Waals surface area (Å²) in [6, 6.07) is 13.3. The van der Waals surface area contributed by atoms with E-state index < -0.39 is 6.04 Å². The van der Waals surface area contributed by atoms with Gasteiger partial charge in [-0.15, -0.1) is 0 Å². The SMILES string of the molecule is CCCOc1ccc([C@@H]2C(C(=O)OC)=C(C)Nc3nc4ccccc4n32)cc1OCC. The van der Waals surface area contributed by atoms with E-state index in [0.717, 1.165) is 23.0 Å². The molecule has 0 amide bonds. The summed E-state index contributed by atoms with van der Waals surface area (Å²) in [5, 5.41) is 3.27. The maximum Gasteiger partial charge on any atom is 0.337 e. The van der Waals surface area contributed by atoms with E-state index in [1.165, 1.54) is 7.11 Å². The predicted octanol–water partition coefficient (Wildman–Crippen LogP) is 4.69. The Morgan fingerprint density at radius 3 is 2.68 bits per heavy atom. The van der Waals surface area contributed by atoms with Gasteiger partial charge in [-0.05, 0) is 50.1 Å². The third-order valence-corrected chi connectivity index (χ3v) is 5.28. The number of esters is 1. The van der Waals surface area contributed by atoms with E-state index in [1.807, 2.05) is 60.9 Å². The highest BCUT2D eigenvalue weighted by atomic mass is 16.5. The highest BCUT2D eigenvalue weighted by Gasteiger charge is 2.35. The number of methoxy groups -OCH3 is 1. The molecule has 1 aromatic heterocycles. The van der Waals surface area contributed by atoms with Gasteiger partial charge in [0.2, 0.25) is 5.95 Å². The number of fused-ring (bicyclic) bond motifs is 3. The number of hydrogen-bond acceptors (Lipinski definition) is 6. The second kappa shape index (κ2) is 8.71. The van der Waals surface area contributed by atoms with Gasteiger partial charge in [0.1, 0.15) is 0 Å². The van der Waals surface area contributed by atoms with E-state index in [4.69, 9.17) is 19.2 Å². The molecule has 0 spiro atoms. The van der Waals surface area contributed by atoms with Crippen LogP contribution < -0.4 is 14.8 Å². The summed E-state index contributed by atoms with van der Waals surface area (Å²) in [6.07, 6.45) is 0.903. The maximum absolute atomic E-state index is 12.8. The molecule has 1 aliphatic heterocycles. The number of nitrogens with zero attached hydrogens (tertiary/aromatic N) is 2. The molecule has 2 aromatic carbocycles. The average molecular weight is 421 g/mol. The van der Waals surface area contributed by atoms with Crippen LogP contribution in [0.1, 0.15) is 38.8 Å². The molecule has 2 heterocycles. The molecule has 162 valence electrons. The van der Waals surface area contributed by atoms with E-state index in [0.29, 0.717) is 41.9 Å². The molecule has 1 atom stereocenters. The highest BCUT2D eigenvalue weighted by molar-refractivity contribution is 5.94. The summed E-state index contributed by atoms with van der Waals surface area (Å²) < 4.78 is 18.9. The molecular formula is C24H27N3O4. The summed E-state index contributed by atoms with van der Waals surface area (Å²) in [5.41, 5.74) is 3.90. The Balaban J connectivity index is 1.92. The molecule has 1 aliphatic rings. The molecule has 31 heavy (non-hydrogen) atoms. The molecule has 0 aliphatic carbocycles. The lowest BCUT2D eigenvalue weighted by Gasteiger charge is -2.30. The minimum Gasteiger partial charge on any atom is -0.490 e. The van der Waals surface area contributed by atoms with E-state index in [1.54, 1.807) is 0 Å². The standard InChI is InChI=1S/C24H27N3O4/c1-5-13-31-19-12-11-16(14-20(19)30-6-2)22-21(23(28)29-4)15(3)25-24-26-17-9-7-8-10-18(17)27(22)24/h7-12,14,22H,5-6,13H2,1-4H3,(H,25,26)/t22-/m1/s1. The number of imidazole rings is 1. The van der Waals surface area contributed by atoms with E-state index in [2.05, 4.69) is 12.2 Å². The normalized spacial score (nSPS) is 15.4. The van der Waals surface area contributed by atoms with E-state index >= 15 is 0 Å². The van der Waals surface area contributed by atoms with Gasteiger partial charge in [-0.25, -0.2) is 9.78 Å². The molecule has 7 heteroatoms. The highest BCUT2D eigenvalue weighted by Crippen LogP contribution is 2.41. The fourth-order valence-electron chi connectivity index (χ4n) is 3.95. The fourth-order valence-corrected chi connectivity index (χ4v) is 3.95. The first-order chi connectivity index (χ1) is 15.1. The largest absolute Gasteiger partial charge is 0.490 e. The van der Waals surface area contributed by atoms with Crippen LogP contribution in [0.3, 0.4) is 0 Å². The second-order valence-electron chi connectivity index (χ2n) is 7.34. The van der Waals surface area contributed by atoms with Crippen molar-refractivity contribution in [3.05, 3.63) is 59.3 Å². The third kappa shape index (κ3) is 3.71. The number of para-hydroxylation sites is 2. The minimum atomic E-state index is -0.421. The summed E-state index contributed by atoms with van der Waals surface area (Å²) >= 11 is 0. The lowest BCUT2D eigenvalue weighted by Crippen LogP contribution is -2.28. The predicted molar refractivity (Wildman–Crippen MR) is 120 cm³/mol. The Bertz CT molecular complexity index is 1150. The van der Waals surface area contributed by atoms with Crippen LogP contribution in [0.4, 0.5) is 5.95 Å². The number of carbonyl (C=O) groups is 1. The van der Waals surface area contributed by atoms with Crippen molar-refractivity contribution in [3.63, 3.8) is 0 Å². The van der Waals surface area contributed by atoms with Crippen LogP contribution in [0, 0.1) is 0 Å². The quantitative estimate of drug-likeness (QED) is 0.558. The Kier molecular flexibility index (Phi) is 5.84. The number of allylic oxidation sites excluding steroid dienone is 1. The van der Waals surface area contributed by atoms with Crippen LogP contribution in [0.25, 0.3) is 11.0 Å². The first kappa shape index (κ1) is 20.8. The van der Waals surface area contributed by atoms with Crippen molar-refractivity contribution in [3.8, 4) is 11.5 Å². The van der Waals surface area contributed by atoms with Gasteiger partial charge < -0.3 is 19.5 Å². The van der Waals surface area contributed by atoms with Crippen LogP contribution >= 0.6 is 0 Å². The molecule has 3 aromatic rings.